The second kappa shape index (κ2) is 10.4. The van der Waals surface area contributed by atoms with Gasteiger partial charge in [0.05, 0.1) is 6.10 Å². The van der Waals surface area contributed by atoms with Gasteiger partial charge in [0.2, 0.25) is 0 Å². The molecular formula is C29H32N2O3. The monoisotopic (exact) mass is 456 g/mol. The molecule has 1 saturated heterocycles. The smallest absolute Gasteiger partial charge is 0.253 e. The molecule has 1 unspecified atom stereocenters. The van der Waals surface area contributed by atoms with Gasteiger partial charge in [-0.15, -0.1) is 0 Å². The number of amides is 1. The summed E-state index contributed by atoms with van der Waals surface area (Å²) in [6, 6.07) is 26.1. The summed E-state index contributed by atoms with van der Waals surface area (Å²) in [5, 5.41) is 11.0. The molecule has 2 heterocycles. The van der Waals surface area contributed by atoms with Crippen LogP contribution in [0.15, 0.2) is 78.9 Å². The third kappa shape index (κ3) is 5.16. The van der Waals surface area contributed by atoms with Crippen LogP contribution in [0.2, 0.25) is 0 Å². The first-order valence-corrected chi connectivity index (χ1v) is 12.2. The summed E-state index contributed by atoms with van der Waals surface area (Å²) in [6.07, 6.45) is 2.25. The van der Waals surface area contributed by atoms with E-state index in [4.69, 9.17) is 4.74 Å². The highest BCUT2D eigenvalue weighted by atomic mass is 16.5. The summed E-state index contributed by atoms with van der Waals surface area (Å²) < 4.78 is 6.02. The number of β-amino-alcohol motifs (C(OH)–C–C–N with tert-alkyl or cyclic N) is 1. The van der Waals surface area contributed by atoms with E-state index in [0.29, 0.717) is 19.2 Å². The van der Waals surface area contributed by atoms with Gasteiger partial charge in [-0.3, -0.25) is 9.69 Å². The molecule has 176 valence electrons. The summed E-state index contributed by atoms with van der Waals surface area (Å²) in [4.78, 5) is 17.2. The Morgan fingerprint density at radius 1 is 0.912 bits per heavy atom. The fourth-order valence-electron chi connectivity index (χ4n) is 5.16. The highest BCUT2D eigenvalue weighted by Gasteiger charge is 2.30. The number of carbonyl (C=O) groups is 1. The van der Waals surface area contributed by atoms with E-state index in [1.54, 1.807) is 0 Å². The number of fused-ring (bicyclic) bond motifs is 1. The number of benzene rings is 3. The van der Waals surface area contributed by atoms with Crippen molar-refractivity contribution < 1.29 is 14.6 Å². The second-order valence-corrected chi connectivity index (χ2v) is 9.29. The van der Waals surface area contributed by atoms with E-state index in [1.165, 1.54) is 0 Å². The Kier molecular flexibility index (Phi) is 6.93. The normalized spacial score (nSPS) is 19.3. The first-order valence-electron chi connectivity index (χ1n) is 12.2. The zero-order valence-electron chi connectivity index (χ0n) is 19.5. The van der Waals surface area contributed by atoms with Crippen LogP contribution in [0.5, 0.6) is 5.75 Å². The lowest BCUT2D eigenvalue weighted by molar-refractivity contribution is 0.0500. The molecule has 3 aromatic carbocycles. The zero-order valence-corrected chi connectivity index (χ0v) is 19.5. The molecule has 34 heavy (non-hydrogen) atoms. The summed E-state index contributed by atoms with van der Waals surface area (Å²) in [7, 11) is 0. The lowest BCUT2D eigenvalue weighted by Gasteiger charge is -2.38. The van der Waals surface area contributed by atoms with Gasteiger partial charge in [0.25, 0.3) is 5.91 Å². The maximum absolute atomic E-state index is 12.8. The van der Waals surface area contributed by atoms with E-state index in [0.717, 1.165) is 66.9 Å². The standard InChI is InChI=1S/C29H32N2O3/c32-28-20-31(25-14-17-30(18-15-25)29(33)23-9-5-2-6-10-23)16-13-24-19-26(11-12-27(24)28)34-21-22-7-3-1-4-8-22/h1-12,19,25,28,32H,13-18,20-21H2. The van der Waals surface area contributed by atoms with Crippen LogP contribution in [0.1, 0.15) is 46.0 Å². The van der Waals surface area contributed by atoms with Crippen molar-refractivity contribution in [3.05, 3.63) is 101 Å². The Hall–Kier alpha value is -3.15. The van der Waals surface area contributed by atoms with Gasteiger partial charge in [0.15, 0.2) is 0 Å². The Morgan fingerprint density at radius 3 is 2.35 bits per heavy atom. The van der Waals surface area contributed by atoms with Crippen molar-refractivity contribution in [3.8, 4) is 5.75 Å². The third-order valence-corrected chi connectivity index (χ3v) is 7.09. The summed E-state index contributed by atoms with van der Waals surface area (Å²) in [5.41, 5.74) is 4.07. The zero-order chi connectivity index (χ0) is 23.3. The van der Waals surface area contributed by atoms with Crippen LogP contribution in [0.25, 0.3) is 0 Å². The predicted octanol–water partition coefficient (Wildman–Crippen LogP) is 4.46. The molecule has 0 spiro atoms. The molecule has 1 N–H and O–H groups in total. The van der Waals surface area contributed by atoms with Gasteiger partial charge in [0.1, 0.15) is 12.4 Å². The Labute approximate surface area is 201 Å². The van der Waals surface area contributed by atoms with Crippen LogP contribution in [-0.2, 0) is 13.0 Å². The number of likely N-dealkylation sites (tertiary alicyclic amines) is 1. The van der Waals surface area contributed by atoms with E-state index in [2.05, 4.69) is 23.1 Å². The Bertz CT molecular complexity index is 1090. The molecule has 2 aliphatic rings. The van der Waals surface area contributed by atoms with Gasteiger partial charge in [0, 0.05) is 37.8 Å². The number of hydrogen-bond acceptors (Lipinski definition) is 4. The second-order valence-electron chi connectivity index (χ2n) is 9.29. The lowest BCUT2D eigenvalue weighted by atomic mass is 10.0. The topological polar surface area (TPSA) is 53.0 Å². The van der Waals surface area contributed by atoms with Crippen LogP contribution >= 0.6 is 0 Å². The Balaban J connectivity index is 1.18. The molecule has 0 bridgehead atoms. The molecule has 1 fully saturated rings. The SMILES string of the molecule is O=C(c1ccccc1)N1CCC(N2CCc3cc(OCc4ccccc4)ccc3C(O)C2)CC1. The number of rotatable bonds is 5. The Morgan fingerprint density at radius 2 is 1.62 bits per heavy atom. The van der Waals surface area contributed by atoms with E-state index in [1.807, 2.05) is 65.6 Å². The molecule has 0 aromatic heterocycles. The number of aliphatic hydroxyl groups is 1. The first-order chi connectivity index (χ1) is 16.7. The van der Waals surface area contributed by atoms with Crippen molar-refractivity contribution in [3.63, 3.8) is 0 Å². The molecule has 1 atom stereocenters. The lowest BCUT2D eigenvalue weighted by Crippen LogP contribution is -2.47. The largest absolute Gasteiger partial charge is 0.489 e. The van der Waals surface area contributed by atoms with Crippen LogP contribution in [0.4, 0.5) is 0 Å². The number of nitrogens with zero attached hydrogens (tertiary/aromatic N) is 2. The fraction of sp³-hybridized carbons (Fsp3) is 0.345. The molecule has 0 saturated carbocycles. The molecule has 2 aliphatic heterocycles. The van der Waals surface area contributed by atoms with E-state index in [-0.39, 0.29) is 5.91 Å². The van der Waals surface area contributed by atoms with Crippen molar-refractivity contribution in [2.45, 2.75) is 38.0 Å². The quantitative estimate of drug-likeness (QED) is 0.616. The summed E-state index contributed by atoms with van der Waals surface area (Å²) in [6.45, 7) is 3.59. The van der Waals surface area contributed by atoms with Crippen LogP contribution in [0, 0.1) is 0 Å². The van der Waals surface area contributed by atoms with Crippen molar-refractivity contribution in [1.29, 1.82) is 0 Å². The van der Waals surface area contributed by atoms with E-state index >= 15 is 0 Å². The molecule has 5 rings (SSSR count). The number of carbonyl (C=O) groups excluding carboxylic acids is 1. The van der Waals surface area contributed by atoms with Gasteiger partial charge < -0.3 is 14.7 Å². The minimum absolute atomic E-state index is 0.116. The van der Waals surface area contributed by atoms with Gasteiger partial charge in [-0.1, -0.05) is 54.6 Å². The highest BCUT2D eigenvalue weighted by molar-refractivity contribution is 5.94. The van der Waals surface area contributed by atoms with Crippen molar-refractivity contribution in [2.75, 3.05) is 26.2 Å². The van der Waals surface area contributed by atoms with Crippen LogP contribution in [-0.4, -0.2) is 53.0 Å². The molecule has 3 aromatic rings. The van der Waals surface area contributed by atoms with Gasteiger partial charge in [-0.25, -0.2) is 0 Å². The average molecular weight is 457 g/mol. The van der Waals surface area contributed by atoms with Crippen molar-refractivity contribution in [2.24, 2.45) is 0 Å². The van der Waals surface area contributed by atoms with Gasteiger partial charge in [-0.2, -0.15) is 0 Å². The van der Waals surface area contributed by atoms with Gasteiger partial charge in [-0.05, 0) is 60.2 Å². The highest BCUT2D eigenvalue weighted by Crippen LogP contribution is 2.30. The van der Waals surface area contributed by atoms with Crippen molar-refractivity contribution in [1.82, 2.24) is 9.80 Å². The van der Waals surface area contributed by atoms with Crippen LogP contribution in [0.3, 0.4) is 0 Å². The molecule has 0 radical (unpaired) electrons. The maximum Gasteiger partial charge on any atom is 0.253 e. The minimum Gasteiger partial charge on any atom is -0.489 e. The molecule has 5 heteroatoms. The maximum atomic E-state index is 12.8. The fourth-order valence-corrected chi connectivity index (χ4v) is 5.16. The molecular weight excluding hydrogens is 424 g/mol. The summed E-state index contributed by atoms with van der Waals surface area (Å²) >= 11 is 0. The number of piperidine rings is 1. The third-order valence-electron chi connectivity index (χ3n) is 7.09. The first kappa shape index (κ1) is 22.6. The number of aliphatic hydroxyl groups excluding tert-OH is 1. The van der Waals surface area contributed by atoms with E-state index < -0.39 is 6.10 Å². The van der Waals surface area contributed by atoms with Crippen molar-refractivity contribution >= 4 is 5.91 Å². The summed E-state index contributed by atoms with van der Waals surface area (Å²) in [5.74, 6) is 0.960. The predicted molar refractivity (Wildman–Crippen MR) is 133 cm³/mol. The molecule has 5 nitrogen and oxygen atoms in total. The van der Waals surface area contributed by atoms with Gasteiger partial charge >= 0.3 is 0 Å². The number of ether oxygens (including phenoxy) is 1. The average Bonchev–Trinajstić information content (AvgIpc) is 3.06. The molecule has 0 aliphatic carbocycles. The van der Waals surface area contributed by atoms with E-state index in [9.17, 15) is 9.90 Å². The van der Waals surface area contributed by atoms with Crippen LogP contribution < -0.4 is 4.74 Å². The number of hydrogen-bond donors (Lipinski definition) is 1. The minimum atomic E-state index is -0.510. The molecule has 1 amide bonds.